The molecule has 0 saturated carbocycles. The minimum Gasteiger partial charge on any atom is -0.463 e. The number of hydrogen-bond donors (Lipinski definition) is 1. The molecule has 2 atom stereocenters. The lowest BCUT2D eigenvalue weighted by molar-refractivity contribution is -0.149. The Kier molecular flexibility index (Phi) is 6.02. The van der Waals surface area contributed by atoms with Crippen LogP contribution in [0.2, 0.25) is 0 Å². The van der Waals surface area contributed by atoms with Gasteiger partial charge in [0.2, 0.25) is 0 Å². The molecule has 0 radical (unpaired) electrons. The van der Waals surface area contributed by atoms with E-state index in [1.807, 2.05) is 30.3 Å². The zero-order chi connectivity index (χ0) is 14.2. The molecule has 110 valence electrons. The standard InChI is InChI=1S/C16H23NO3/c17-15(13-6-2-1-3-7-13)9-10-16(18)20-12-14-8-4-5-11-19-14/h1-3,6-7,14-15H,4-5,8-12,17H2. The number of ether oxygens (including phenoxy) is 2. The minimum atomic E-state index is -0.189. The Morgan fingerprint density at radius 2 is 2.15 bits per heavy atom. The van der Waals surface area contributed by atoms with Crippen LogP contribution in [0.3, 0.4) is 0 Å². The molecule has 1 fully saturated rings. The van der Waals surface area contributed by atoms with Crippen LogP contribution in [0.15, 0.2) is 30.3 Å². The molecule has 1 aromatic rings. The Morgan fingerprint density at radius 1 is 1.35 bits per heavy atom. The first-order valence-corrected chi connectivity index (χ1v) is 7.33. The Labute approximate surface area is 120 Å². The lowest BCUT2D eigenvalue weighted by Crippen LogP contribution is -2.26. The van der Waals surface area contributed by atoms with Crippen LogP contribution in [0, 0.1) is 0 Å². The number of carbonyl (C=O) groups is 1. The maximum absolute atomic E-state index is 11.7. The highest BCUT2D eigenvalue weighted by Crippen LogP contribution is 2.16. The predicted octanol–water partition coefficient (Wildman–Crippen LogP) is 2.58. The fourth-order valence-corrected chi connectivity index (χ4v) is 2.34. The van der Waals surface area contributed by atoms with E-state index in [-0.39, 0.29) is 18.1 Å². The highest BCUT2D eigenvalue weighted by Gasteiger charge is 2.16. The summed E-state index contributed by atoms with van der Waals surface area (Å²) in [5.74, 6) is -0.189. The van der Waals surface area contributed by atoms with Gasteiger partial charge in [-0.3, -0.25) is 4.79 Å². The number of rotatable bonds is 6. The molecule has 1 aliphatic heterocycles. The van der Waals surface area contributed by atoms with Crippen molar-refractivity contribution in [1.29, 1.82) is 0 Å². The van der Waals surface area contributed by atoms with E-state index in [1.54, 1.807) is 0 Å². The lowest BCUT2D eigenvalue weighted by Gasteiger charge is -2.22. The fraction of sp³-hybridized carbons (Fsp3) is 0.562. The van der Waals surface area contributed by atoms with Gasteiger partial charge in [0.15, 0.2) is 0 Å². The smallest absolute Gasteiger partial charge is 0.305 e. The molecule has 1 aliphatic rings. The van der Waals surface area contributed by atoms with E-state index in [9.17, 15) is 4.79 Å². The van der Waals surface area contributed by atoms with Gasteiger partial charge in [0.1, 0.15) is 6.61 Å². The van der Waals surface area contributed by atoms with E-state index in [0.29, 0.717) is 19.4 Å². The second-order valence-corrected chi connectivity index (χ2v) is 5.23. The Balaban J connectivity index is 1.64. The molecule has 0 bridgehead atoms. The SMILES string of the molecule is NC(CCC(=O)OCC1CCCCO1)c1ccccc1. The zero-order valence-electron chi connectivity index (χ0n) is 11.8. The summed E-state index contributed by atoms with van der Waals surface area (Å²) in [6, 6.07) is 9.70. The fourth-order valence-electron chi connectivity index (χ4n) is 2.34. The largest absolute Gasteiger partial charge is 0.463 e. The molecule has 2 rings (SSSR count). The van der Waals surface area contributed by atoms with Crippen molar-refractivity contribution in [2.45, 2.75) is 44.2 Å². The van der Waals surface area contributed by atoms with E-state index in [1.165, 1.54) is 0 Å². The quantitative estimate of drug-likeness (QED) is 0.812. The third-order valence-corrected chi connectivity index (χ3v) is 3.59. The van der Waals surface area contributed by atoms with Gasteiger partial charge in [0, 0.05) is 19.1 Å². The van der Waals surface area contributed by atoms with Crippen LogP contribution in [0.1, 0.15) is 43.7 Å². The highest BCUT2D eigenvalue weighted by molar-refractivity contribution is 5.69. The van der Waals surface area contributed by atoms with Crippen LogP contribution in [0.4, 0.5) is 0 Å². The first-order valence-electron chi connectivity index (χ1n) is 7.33. The maximum atomic E-state index is 11.7. The van der Waals surface area contributed by atoms with Crippen molar-refractivity contribution < 1.29 is 14.3 Å². The highest BCUT2D eigenvalue weighted by atomic mass is 16.6. The molecule has 2 unspecified atom stereocenters. The van der Waals surface area contributed by atoms with E-state index < -0.39 is 0 Å². The summed E-state index contributed by atoms with van der Waals surface area (Å²) in [7, 11) is 0. The van der Waals surface area contributed by atoms with Gasteiger partial charge < -0.3 is 15.2 Å². The van der Waals surface area contributed by atoms with Crippen LogP contribution in [0.5, 0.6) is 0 Å². The number of carbonyl (C=O) groups excluding carboxylic acids is 1. The van der Waals surface area contributed by atoms with Crippen molar-refractivity contribution in [1.82, 2.24) is 0 Å². The van der Waals surface area contributed by atoms with Gasteiger partial charge in [-0.05, 0) is 31.2 Å². The van der Waals surface area contributed by atoms with Crippen molar-refractivity contribution in [3.05, 3.63) is 35.9 Å². The normalized spacial score (nSPS) is 20.4. The van der Waals surface area contributed by atoms with Gasteiger partial charge in [0.25, 0.3) is 0 Å². The van der Waals surface area contributed by atoms with Crippen LogP contribution in [0.25, 0.3) is 0 Å². The summed E-state index contributed by atoms with van der Waals surface area (Å²) in [6.07, 6.45) is 4.28. The first kappa shape index (κ1) is 15.0. The monoisotopic (exact) mass is 277 g/mol. The third kappa shape index (κ3) is 4.94. The third-order valence-electron chi connectivity index (χ3n) is 3.59. The zero-order valence-corrected chi connectivity index (χ0v) is 11.8. The molecule has 0 aliphatic carbocycles. The van der Waals surface area contributed by atoms with Crippen LogP contribution < -0.4 is 5.73 Å². The van der Waals surface area contributed by atoms with Crippen molar-refractivity contribution >= 4 is 5.97 Å². The van der Waals surface area contributed by atoms with Crippen LogP contribution in [-0.4, -0.2) is 25.3 Å². The second kappa shape index (κ2) is 8.02. The van der Waals surface area contributed by atoms with Gasteiger partial charge in [-0.25, -0.2) is 0 Å². The van der Waals surface area contributed by atoms with Gasteiger partial charge >= 0.3 is 5.97 Å². The molecule has 20 heavy (non-hydrogen) atoms. The van der Waals surface area contributed by atoms with Crippen molar-refractivity contribution in [3.8, 4) is 0 Å². The van der Waals surface area contributed by atoms with Gasteiger partial charge in [-0.2, -0.15) is 0 Å². The topological polar surface area (TPSA) is 61.6 Å². The van der Waals surface area contributed by atoms with Crippen molar-refractivity contribution in [2.75, 3.05) is 13.2 Å². The predicted molar refractivity (Wildman–Crippen MR) is 77.2 cm³/mol. The average molecular weight is 277 g/mol. The van der Waals surface area contributed by atoms with Gasteiger partial charge in [-0.15, -0.1) is 0 Å². The summed E-state index contributed by atoms with van der Waals surface area (Å²) in [5.41, 5.74) is 7.10. The minimum absolute atomic E-state index is 0.0792. The van der Waals surface area contributed by atoms with E-state index in [0.717, 1.165) is 31.4 Å². The molecule has 0 spiro atoms. The number of nitrogens with two attached hydrogens (primary N) is 1. The molecule has 1 aromatic carbocycles. The molecule has 1 heterocycles. The summed E-state index contributed by atoms with van der Waals surface area (Å²) in [4.78, 5) is 11.7. The summed E-state index contributed by atoms with van der Waals surface area (Å²) >= 11 is 0. The molecule has 2 N–H and O–H groups in total. The Morgan fingerprint density at radius 3 is 2.85 bits per heavy atom. The summed E-state index contributed by atoms with van der Waals surface area (Å²) in [6.45, 7) is 1.15. The van der Waals surface area contributed by atoms with Crippen LogP contribution >= 0.6 is 0 Å². The maximum Gasteiger partial charge on any atom is 0.305 e. The average Bonchev–Trinajstić information content (AvgIpc) is 2.52. The Bertz CT molecular complexity index is 401. The Hall–Kier alpha value is -1.39. The molecule has 4 heteroatoms. The number of hydrogen-bond acceptors (Lipinski definition) is 4. The lowest BCUT2D eigenvalue weighted by atomic mass is 10.0. The number of esters is 1. The van der Waals surface area contributed by atoms with Crippen molar-refractivity contribution in [3.63, 3.8) is 0 Å². The van der Waals surface area contributed by atoms with E-state index >= 15 is 0 Å². The van der Waals surface area contributed by atoms with Gasteiger partial charge in [0.05, 0.1) is 6.10 Å². The first-order chi connectivity index (χ1) is 9.75. The molecular weight excluding hydrogens is 254 g/mol. The van der Waals surface area contributed by atoms with Crippen molar-refractivity contribution in [2.24, 2.45) is 5.73 Å². The second-order valence-electron chi connectivity index (χ2n) is 5.23. The molecule has 0 amide bonds. The molecule has 0 aromatic heterocycles. The number of benzene rings is 1. The van der Waals surface area contributed by atoms with E-state index in [2.05, 4.69) is 0 Å². The molecule has 4 nitrogen and oxygen atoms in total. The molecule has 1 saturated heterocycles. The van der Waals surface area contributed by atoms with Crippen LogP contribution in [-0.2, 0) is 14.3 Å². The van der Waals surface area contributed by atoms with E-state index in [4.69, 9.17) is 15.2 Å². The summed E-state index contributed by atoms with van der Waals surface area (Å²) in [5, 5.41) is 0. The van der Waals surface area contributed by atoms with Gasteiger partial charge in [-0.1, -0.05) is 30.3 Å². The molecular formula is C16H23NO3. The summed E-state index contributed by atoms with van der Waals surface area (Å²) < 4.78 is 10.8.